The summed E-state index contributed by atoms with van der Waals surface area (Å²) in [6.45, 7) is 0. The topological polar surface area (TPSA) is 34.1 Å². The fourth-order valence-corrected chi connectivity index (χ4v) is 0.385. The van der Waals surface area contributed by atoms with Gasteiger partial charge < -0.3 is 8.42 Å². The van der Waals surface area contributed by atoms with Crippen LogP contribution in [-0.2, 0) is 20.0 Å². The first-order valence-electron chi connectivity index (χ1n) is 2.37. The normalized spacial score (nSPS) is 7.11. The van der Waals surface area contributed by atoms with Crippen LogP contribution in [0.25, 0.3) is 0 Å². The van der Waals surface area contributed by atoms with Gasteiger partial charge in [-0.25, -0.2) is 0 Å². The molecule has 1 aromatic rings. The van der Waals surface area contributed by atoms with Gasteiger partial charge in [0.15, 0.2) is 0 Å². The van der Waals surface area contributed by atoms with E-state index >= 15 is 0 Å². The Hall–Kier alpha value is -0.830. The van der Waals surface area contributed by atoms with Crippen molar-refractivity contribution in [3.8, 4) is 0 Å². The summed E-state index contributed by atoms with van der Waals surface area (Å²) < 4.78 is 16.7. The first-order valence-corrected chi connectivity index (χ1v) is 3.10. The zero-order chi connectivity index (χ0) is 6.95. The summed E-state index contributed by atoms with van der Waals surface area (Å²) in [6.07, 6.45) is 0. The molecule has 0 N–H and O–H groups in total. The molecule has 3 heteroatoms. The van der Waals surface area contributed by atoms with Crippen molar-refractivity contribution in [1.29, 1.82) is 0 Å². The van der Waals surface area contributed by atoms with Gasteiger partial charge in [0.1, 0.15) is 0 Å². The predicted molar refractivity (Wildman–Crippen MR) is 36.6 cm³/mol. The molecule has 0 aliphatic rings. The fourth-order valence-electron chi connectivity index (χ4n) is 0.385. The molecule has 0 amide bonds. The summed E-state index contributed by atoms with van der Waals surface area (Å²) in [5.74, 6) is 0. The van der Waals surface area contributed by atoms with E-state index in [0.29, 0.717) is 0 Å². The molecule has 0 unspecified atom stereocenters. The van der Waals surface area contributed by atoms with E-state index in [1.807, 2.05) is 36.4 Å². The third kappa shape index (κ3) is 7.17. The Kier molecular flexibility index (Phi) is 6.51. The summed E-state index contributed by atoms with van der Waals surface area (Å²) in [6, 6.07) is 12.0. The lowest BCUT2D eigenvalue weighted by Crippen LogP contribution is -1.47. The molecule has 0 aliphatic carbocycles. The van der Waals surface area contributed by atoms with Crippen LogP contribution in [0.2, 0.25) is 0 Å². The molecule has 0 saturated heterocycles. The highest BCUT2D eigenvalue weighted by Gasteiger charge is 1.57. The minimum Gasteiger partial charge on any atom is -0.427 e. The van der Waals surface area contributed by atoms with Crippen LogP contribution in [0.4, 0.5) is 0 Å². The van der Waals surface area contributed by atoms with Gasteiger partial charge in [-0.1, -0.05) is 48.0 Å². The van der Waals surface area contributed by atoms with Crippen LogP contribution in [0.15, 0.2) is 36.4 Å². The molecule has 0 aliphatic heterocycles. The van der Waals surface area contributed by atoms with Crippen molar-refractivity contribution in [2.24, 2.45) is 0 Å². The fraction of sp³-hybridized carbons (Fsp3) is 0. The lowest BCUT2D eigenvalue weighted by atomic mass is 10.4. The average molecular weight is 143 g/mol. The van der Waals surface area contributed by atoms with Crippen LogP contribution in [0.3, 0.4) is 0 Å². The maximum absolute atomic E-state index is 8.35. The summed E-state index contributed by atoms with van der Waals surface area (Å²) in [7, 11) is 0. The molecule has 0 heterocycles. The van der Waals surface area contributed by atoms with E-state index in [0.717, 1.165) is 0 Å². The Morgan fingerprint density at radius 2 is 0.778 bits per heavy atom. The molecular weight excluding hydrogens is 136 g/mol. The number of thiol groups is 1. The van der Waals surface area contributed by atoms with Crippen LogP contribution in [-0.4, -0.2) is 0 Å². The van der Waals surface area contributed by atoms with E-state index in [2.05, 4.69) is 0 Å². The van der Waals surface area contributed by atoms with Crippen LogP contribution < -0.4 is 0 Å². The second-order valence-corrected chi connectivity index (χ2v) is 1.38. The highest BCUT2D eigenvalue weighted by atomic mass is 32.1. The van der Waals surface area contributed by atoms with E-state index in [4.69, 9.17) is 8.42 Å². The van der Waals surface area contributed by atoms with E-state index in [-0.39, 0.29) is 0 Å². The van der Waals surface area contributed by atoms with Gasteiger partial charge >= 0.3 is 0 Å². The molecule has 0 radical (unpaired) electrons. The third-order valence-corrected chi connectivity index (χ3v) is 0.667. The molecule has 0 aromatic heterocycles. The van der Waals surface area contributed by atoms with Crippen molar-refractivity contribution in [3.05, 3.63) is 36.4 Å². The highest BCUT2D eigenvalue weighted by molar-refractivity contribution is 7.51. The Labute approximate surface area is 57.1 Å². The highest BCUT2D eigenvalue weighted by Crippen LogP contribution is 1.79. The van der Waals surface area contributed by atoms with Crippen molar-refractivity contribution in [1.82, 2.24) is 0 Å². The van der Waals surface area contributed by atoms with Crippen LogP contribution in [0, 0.1) is 0 Å². The van der Waals surface area contributed by atoms with Crippen molar-refractivity contribution in [3.63, 3.8) is 0 Å². The lowest BCUT2D eigenvalue weighted by molar-refractivity contribution is 0.541. The molecular formula is C6H7O2S-. The monoisotopic (exact) mass is 143 g/mol. The zero-order valence-corrected chi connectivity index (χ0v) is 5.62. The molecule has 2 nitrogen and oxygen atoms in total. The first kappa shape index (κ1) is 8.17. The summed E-state index contributed by atoms with van der Waals surface area (Å²) in [5.41, 5.74) is 0. The summed E-state index contributed by atoms with van der Waals surface area (Å²) >= 11 is -1.08. The van der Waals surface area contributed by atoms with Gasteiger partial charge in [0.05, 0.1) is 0 Å². The lowest BCUT2D eigenvalue weighted by Gasteiger charge is -1.69. The van der Waals surface area contributed by atoms with Crippen LogP contribution in [0.1, 0.15) is 0 Å². The molecule has 0 saturated carbocycles. The Morgan fingerprint density at radius 3 is 0.889 bits per heavy atom. The SMILES string of the molecule is O=[SH-]=O.c1ccccc1. The Bertz CT molecular complexity index is 141. The van der Waals surface area contributed by atoms with Gasteiger partial charge in [0.2, 0.25) is 0 Å². The largest absolute Gasteiger partial charge is 0.427 e. The van der Waals surface area contributed by atoms with E-state index < -0.39 is 11.6 Å². The molecule has 0 atom stereocenters. The van der Waals surface area contributed by atoms with E-state index in [1.54, 1.807) is 0 Å². The molecule has 0 bridgehead atoms. The summed E-state index contributed by atoms with van der Waals surface area (Å²) in [5, 5.41) is 0. The minimum absolute atomic E-state index is 1.08. The minimum atomic E-state index is -1.08. The van der Waals surface area contributed by atoms with Gasteiger partial charge in [-0.05, 0) is 0 Å². The van der Waals surface area contributed by atoms with Gasteiger partial charge in [-0.3, -0.25) is 0 Å². The molecule has 50 valence electrons. The van der Waals surface area contributed by atoms with E-state index in [9.17, 15) is 0 Å². The van der Waals surface area contributed by atoms with Crippen molar-refractivity contribution in [2.75, 3.05) is 0 Å². The quantitative estimate of drug-likeness (QED) is 0.403. The Balaban J connectivity index is 0.000000187. The van der Waals surface area contributed by atoms with Crippen molar-refractivity contribution in [2.45, 2.75) is 0 Å². The average Bonchev–Trinajstić information content (AvgIpc) is 1.93. The molecule has 9 heavy (non-hydrogen) atoms. The number of hydrogen-bond acceptors (Lipinski definition) is 3. The van der Waals surface area contributed by atoms with Crippen molar-refractivity contribution < 1.29 is 8.42 Å². The van der Waals surface area contributed by atoms with Crippen molar-refractivity contribution >= 4 is 11.6 Å². The van der Waals surface area contributed by atoms with Crippen LogP contribution >= 0.6 is 0 Å². The number of benzene rings is 1. The third-order valence-electron chi connectivity index (χ3n) is 0.667. The van der Waals surface area contributed by atoms with Gasteiger partial charge in [-0.2, -0.15) is 0 Å². The molecule has 1 aromatic carbocycles. The van der Waals surface area contributed by atoms with Gasteiger partial charge in [-0.15, -0.1) is 0 Å². The second kappa shape index (κ2) is 7.17. The molecule has 0 spiro atoms. The van der Waals surface area contributed by atoms with Crippen LogP contribution in [0.5, 0.6) is 0 Å². The first-order chi connectivity index (χ1) is 4.41. The number of rotatable bonds is 0. The van der Waals surface area contributed by atoms with Gasteiger partial charge in [0, 0.05) is 0 Å². The van der Waals surface area contributed by atoms with E-state index in [1.165, 1.54) is 0 Å². The standard InChI is InChI=1S/C6H6.HO2S/c1-2-4-6-5-3-1;1-3-2/h1-6H;3H/q;-1. The predicted octanol–water partition coefficient (Wildman–Crippen LogP) is 1.18. The molecule has 0 fully saturated rings. The molecule has 1 rings (SSSR count). The van der Waals surface area contributed by atoms with Gasteiger partial charge in [0.25, 0.3) is 0 Å². The second-order valence-electron chi connectivity index (χ2n) is 1.23. The summed E-state index contributed by atoms with van der Waals surface area (Å²) in [4.78, 5) is 0. The number of hydrogen-bond donors (Lipinski definition) is 0. The smallest absolute Gasteiger partial charge is 0.0623 e. The Morgan fingerprint density at radius 1 is 0.667 bits per heavy atom. The zero-order valence-electron chi connectivity index (χ0n) is 4.73. The maximum atomic E-state index is 8.35. The maximum Gasteiger partial charge on any atom is -0.0623 e.